The van der Waals surface area contributed by atoms with Gasteiger partial charge in [0.2, 0.25) is 0 Å². The third-order valence-electron chi connectivity index (χ3n) is 3.40. The molecule has 0 aliphatic rings. The van der Waals surface area contributed by atoms with Crippen LogP contribution in [-0.4, -0.2) is 28.0 Å². The maximum absolute atomic E-state index is 12.6. The van der Waals surface area contributed by atoms with E-state index in [0.29, 0.717) is 17.9 Å². The third kappa shape index (κ3) is 3.01. The summed E-state index contributed by atoms with van der Waals surface area (Å²) < 4.78 is 30.9. The predicted molar refractivity (Wildman–Crippen MR) is 85.4 cm³/mol. The Hall–Kier alpha value is -1.83. The van der Waals surface area contributed by atoms with Crippen molar-refractivity contribution in [3.05, 3.63) is 23.5 Å². The number of sulfonamides is 1. The van der Waals surface area contributed by atoms with Gasteiger partial charge in [-0.1, -0.05) is 20.8 Å². The molecular weight excluding hydrogens is 302 g/mol. The molecular formula is C14H23N5O2S. The van der Waals surface area contributed by atoms with E-state index in [9.17, 15) is 8.42 Å². The molecule has 1 N–H and O–H groups in total. The lowest BCUT2D eigenvalue weighted by atomic mass is 9.92. The average molecular weight is 325 g/mol. The Morgan fingerprint density at radius 3 is 2.41 bits per heavy atom. The minimum atomic E-state index is -3.71. The summed E-state index contributed by atoms with van der Waals surface area (Å²) >= 11 is 0. The van der Waals surface area contributed by atoms with Crippen molar-refractivity contribution in [2.75, 3.05) is 4.72 Å². The van der Waals surface area contributed by atoms with Gasteiger partial charge in [-0.3, -0.25) is 9.40 Å². The molecule has 22 heavy (non-hydrogen) atoms. The smallest absolute Gasteiger partial charge is 0.262 e. The zero-order valence-corrected chi connectivity index (χ0v) is 14.7. The highest BCUT2D eigenvalue weighted by molar-refractivity contribution is 7.92. The van der Waals surface area contributed by atoms with E-state index in [1.165, 1.54) is 10.9 Å². The normalized spacial score (nSPS) is 12.6. The van der Waals surface area contributed by atoms with Crippen LogP contribution in [-0.2, 0) is 29.0 Å². The monoisotopic (exact) mass is 325 g/mol. The molecule has 0 aliphatic heterocycles. The largest absolute Gasteiger partial charge is 0.280 e. The van der Waals surface area contributed by atoms with E-state index in [-0.39, 0.29) is 10.4 Å². The molecule has 0 amide bonds. The number of rotatable bonds is 4. The molecule has 122 valence electrons. The van der Waals surface area contributed by atoms with E-state index in [0.717, 1.165) is 5.69 Å². The average Bonchev–Trinajstić information content (AvgIpc) is 2.92. The number of anilines is 1. The molecule has 0 fully saturated rings. The fraction of sp³-hybridized carbons (Fsp3) is 0.571. The van der Waals surface area contributed by atoms with Crippen LogP contribution in [0.15, 0.2) is 17.3 Å². The van der Waals surface area contributed by atoms with Crippen molar-refractivity contribution in [2.24, 2.45) is 7.05 Å². The van der Waals surface area contributed by atoms with Crippen LogP contribution in [0.2, 0.25) is 0 Å². The number of nitrogens with one attached hydrogen (secondary N) is 1. The van der Waals surface area contributed by atoms with E-state index in [1.54, 1.807) is 24.7 Å². The molecule has 0 radical (unpaired) electrons. The lowest BCUT2D eigenvalue weighted by Crippen LogP contribution is -2.19. The van der Waals surface area contributed by atoms with Gasteiger partial charge in [0.1, 0.15) is 5.82 Å². The lowest BCUT2D eigenvalue weighted by Gasteiger charge is -2.13. The molecule has 8 heteroatoms. The van der Waals surface area contributed by atoms with E-state index in [1.807, 2.05) is 27.7 Å². The quantitative estimate of drug-likeness (QED) is 0.932. The first-order valence-electron chi connectivity index (χ1n) is 7.16. The summed E-state index contributed by atoms with van der Waals surface area (Å²) in [7, 11) is -2.10. The lowest BCUT2D eigenvalue weighted by molar-refractivity contribution is 0.542. The van der Waals surface area contributed by atoms with Crippen molar-refractivity contribution < 1.29 is 8.42 Å². The molecule has 2 rings (SSSR count). The Morgan fingerprint density at radius 1 is 1.32 bits per heavy atom. The predicted octanol–water partition coefficient (Wildman–Crippen LogP) is 2.04. The van der Waals surface area contributed by atoms with Crippen molar-refractivity contribution in [3.8, 4) is 0 Å². The van der Waals surface area contributed by atoms with Gasteiger partial charge < -0.3 is 0 Å². The van der Waals surface area contributed by atoms with Crippen molar-refractivity contribution in [1.29, 1.82) is 0 Å². The molecule has 0 saturated carbocycles. The Labute approximate surface area is 131 Å². The van der Waals surface area contributed by atoms with Crippen molar-refractivity contribution in [3.63, 3.8) is 0 Å². The van der Waals surface area contributed by atoms with Gasteiger partial charge in [-0.25, -0.2) is 4.68 Å². The molecule has 0 bridgehead atoms. The van der Waals surface area contributed by atoms with Crippen LogP contribution in [0.4, 0.5) is 5.82 Å². The second kappa shape index (κ2) is 5.42. The summed E-state index contributed by atoms with van der Waals surface area (Å²) in [5.74, 6) is 0.466. The Morgan fingerprint density at radius 2 is 1.95 bits per heavy atom. The fourth-order valence-electron chi connectivity index (χ4n) is 2.21. The van der Waals surface area contributed by atoms with Gasteiger partial charge in [-0.05, 0) is 13.8 Å². The summed E-state index contributed by atoms with van der Waals surface area (Å²) in [6.45, 7) is 10.3. The van der Waals surface area contributed by atoms with Crippen molar-refractivity contribution >= 4 is 15.8 Å². The first-order valence-corrected chi connectivity index (χ1v) is 8.64. The highest BCUT2D eigenvalue weighted by atomic mass is 32.2. The summed E-state index contributed by atoms with van der Waals surface area (Å²) in [5, 5.41) is 8.62. The number of hydrogen-bond acceptors (Lipinski definition) is 4. The minimum Gasteiger partial charge on any atom is -0.262 e. The second-order valence-corrected chi connectivity index (χ2v) is 7.94. The van der Waals surface area contributed by atoms with Gasteiger partial charge >= 0.3 is 0 Å². The van der Waals surface area contributed by atoms with Gasteiger partial charge in [-0.2, -0.15) is 18.6 Å². The number of aromatic nitrogens is 4. The van der Waals surface area contributed by atoms with Crippen LogP contribution in [0.25, 0.3) is 0 Å². The Kier molecular flexibility index (Phi) is 4.08. The second-order valence-electron chi connectivity index (χ2n) is 6.34. The maximum atomic E-state index is 12.6. The SMILES string of the molecule is CCn1nc(C(C)(C)C)cc1NS(=O)(=O)c1c(C)cnn1C. The fourth-order valence-corrected chi connectivity index (χ4v) is 3.62. The third-order valence-corrected chi connectivity index (χ3v) is 4.97. The molecule has 0 atom stereocenters. The van der Waals surface area contributed by atoms with Gasteiger partial charge in [-0.15, -0.1) is 0 Å². The Balaban J connectivity index is 2.44. The van der Waals surface area contributed by atoms with Crippen LogP contribution >= 0.6 is 0 Å². The van der Waals surface area contributed by atoms with E-state index >= 15 is 0 Å². The zero-order chi connectivity index (χ0) is 16.7. The molecule has 2 aromatic heterocycles. The summed E-state index contributed by atoms with van der Waals surface area (Å²) in [4.78, 5) is 0. The molecule has 0 spiro atoms. The van der Waals surface area contributed by atoms with Gasteiger partial charge in [0.15, 0.2) is 5.03 Å². The van der Waals surface area contributed by atoms with Crippen LogP contribution < -0.4 is 4.72 Å². The topological polar surface area (TPSA) is 81.8 Å². The molecule has 2 heterocycles. The van der Waals surface area contributed by atoms with Crippen molar-refractivity contribution in [2.45, 2.75) is 51.6 Å². The molecule has 0 saturated heterocycles. The van der Waals surface area contributed by atoms with E-state index < -0.39 is 10.0 Å². The van der Waals surface area contributed by atoms with Crippen LogP contribution in [0.5, 0.6) is 0 Å². The highest BCUT2D eigenvalue weighted by Crippen LogP contribution is 2.26. The maximum Gasteiger partial charge on any atom is 0.280 e. The zero-order valence-electron chi connectivity index (χ0n) is 13.9. The Bertz CT molecular complexity index is 761. The minimum absolute atomic E-state index is 0.150. The number of nitrogens with zero attached hydrogens (tertiary/aromatic N) is 4. The van der Waals surface area contributed by atoms with Crippen LogP contribution in [0, 0.1) is 6.92 Å². The summed E-state index contributed by atoms with van der Waals surface area (Å²) in [5.41, 5.74) is 1.30. The van der Waals surface area contributed by atoms with Gasteiger partial charge in [0.05, 0.1) is 11.9 Å². The van der Waals surface area contributed by atoms with Crippen molar-refractivity contribution in [1.82, 2.24) is 19.6 Å². The number of aryl methyl sites for hydroxylation is 3. The van der Waals surface area contributed by atoms with Crippen LogP contribution in [0.1, 0.15) is 39.0 Å². The first-order chi connectivity index (χ1) is 10.1. The molecule has 7 nitrogen and oxygen atoms in total. The van der Waals surface area contributed by atoms with Crippen LogP contribution in [0.3, 0.4) is 0 Å². The van der Waals surface area contributed by atoms with E-state index in [4.69, 9.17) is 0 Å². The summed E-state index contributed by atoms with van der Waals surface area (Å²) in [6, 6.07) is 1.78. The summed E-state index contributed by atoms with van der Waals surface area (Å²) in [6.07, 6.45) is 1.53. The molecule has 0 unspecified atom stereocenters. The first kappa shape index (κ1) is 16.5. The molecule has 2 aromatic rings. The van der Waals surface area contributed by atoms with Gasteiger partial charge in [0.25, 0.3) is 10.0 Å². The van der Waals surface area contributed by atoms with E-state index in [2.05, 4.69) is 14.9 Å². The standard InChI is InChI=1S/C14H23N5O2S/c1-7-19-12(8-11(16-19)14(3,4)5)17-22(20,21)13-10(2)9-15-18(13)6/h8-9,17H,7H2,1-6H3. The van der Waals surface area contributed by atoms with Gasteiger partial charge in [0, 0.05) is 30.6 Å². The molecule has 0 aromatic carbocycles. The molecule has 0 aliphatic carbocycles. The number of hydrogen-bond donors (Lipinski definition) is 1. The highest BCUT2D eigenvalue weighted by Gasteiger charge is 2.25.